The number of aromatic nitrogens is 1. The molecule has 8 heteroatoms. The third-order valence-corrected chi connectivity index (χ3v) is 6.65. The number of methoxy groups -OCH3 is 1. The molecule has 1 N–H and O–H groups in total. The van der Waals surface area contributed by atoms with E-state index in [1.54, 1.807) is 7.11 Å². The van der Waals surface area contributed by atoms with Gasteiger partial charge in [0.25, 0.3) is 0 Å². The number of pyridine rings is 1. The number of piperazine rings is 1. The van der Waals surface area contributed by atoms with Crippen molar-refractivity contribution in [2.24, 2.45) is 0 Å². The van der Waals surface area contributed by atoms with Gasteiger partial charge in [-0.15, -0.1) is 0 Å². The number of hydrogen-bond donors (Lipinski definition) is 1. The second-order valence-corrected chi connectivity index (χ2v) is 8.56. The molecule has 4 heterocycles. The summed E-state index contributed by atoms with van der Waals surface area (Å²) < 4.78 is 5.53. The fourth-order valence-electron chi connectivity index (χ4n) is 4.96. The topological polar surface area (TPSA) is 70.2 Å². The van der Waals surface area contributed by atoms with Crippen molar-refractivity contribution in [2.75, 3.05) is 75.9 Å². The van der Waals surface area contributed by atoms with Gasteiger partial charge in [0.05, 0.1) is 19.3 Å². The van der Waals surface area contributed by atoms with Crippen LogP contribution in [0.25, 0.3) is 5.57 Å². The fraction of sp³-hybridized carbons (Fsp3) is 0.458. The summed E-state index contributed by atoms with van der Waals surface area (Å²) in [5.74, 6) is 1.92. The quantitative estimate of drug-likeness (QED) is 0.741. The summed E-state index contributed by atoms with van der Waals surface area (Å²) in [5, 5.41) is 15.2. The molecular formula is C24H31N6O2-. The second kappa shape index (κ2) is 9.46. The van der Waals surface area contributed by atoms with Crippen LogP contribution in [0.4, 0.5) is 11.5 Å². The number of hydroxylamine groups is 2. The summed E-state index contributed by atoms with van der Waals surface area (Å²) in [6, 6.07) is 12.3. The molecule has 0 atom stereocenters. The van der Waals surface area contributed by atoms with Crippen molar-refractivity contribution in [1.82, 2.24) is 20.4 Å². The van der Waals surface area contributed by atoms with Crippen LogP contribution in [0.15, 0.2) is 48.2 Å². The Morgan fingerprint density at radius 3 is 2.72 bits per heavy atom. The molecule has 0 radical (unpaired) electrons. The van der Waals surface area contributed by atoms with E-state index in [9.17, 15) is 5.21 Å². The first kappa shape index (κ1) is 21.2. The summed E-state index contributed by atoms with van der Waals surface area (Å²) >= 11 is 0. The number of nitrogens with one attached hydrogen (secondary N) is 1. The highest BCUT2D eigenvalue weighted by atomic mass is 16.5. The van der Waals surface area contributed by atoms with Crippen molar-refractivity contribution in [3.8, 4) is 5.75 Å². The third kappa shape index (κ3) is 4.31. The van der Waals surface area contributed by atoms with Crippen LogP contribution in [0.1, 0.15) is 12.0 Å². The van der Waals surface area contributed by atoms with Crippen molar-refractivity contribution in [2.45, 2.75) is 6.42 Å². The number of benzene rings is 1. The summed E-state index contributed by atoms with van der Waals surface area (Å²) in [4.78, 5) is 9.54. The van der Waals surface area contributed by atoms with Crippen LogP contribution in [0.3, 0.4) is 0 Å². The zero-order valence-electron chi connectivity index (χ0n) is 18.7. The van der Waals surface area contributed by atoms with Gasteiger partial charge in [0, 0.05) is 57.6 Å². The lowest BCUT2D eigenvalue weighted by Crippen LogP contribution is -2.51. The number of para-hydroxylation sites is 2. The SMILES string of the molecule is COc1ccccc1N1CCN(CCNN2CC3=C(CCN([O-])C3)c3cccnc32)CC1. The van der Waals surface area contributed by atoms with Crippen LogP contribution in [0, 0.1) is 5.21 Å². The molecule has 1 aromatic heterocycles. The lowest BCUT2D eigenvalue weighted by atomic mass is 9.91. The normalized spacial score (nSPS) is 19.7. The lowest BCUT2D eigenvalue weighted by molar-refractivity contribution is 0.256. The minimum Gasteiger partial charge on any atom is -0.785 e. The third-order valence-electron chi connectivity index (χ3n) is 6.65. The summed E-state index contributed by atoms with van der Waals surface area (Å²) in [6.45, 7) is 7.62. The summed E-state index contributed by atoms with van der Waals surface area (Å²) in [7, 11) is 1.73. The molecule has 8 nitrogen and oxygen atoms in total. The number of anilines is 2. The van der Waals surface area contributed by atoms with Gasteiger partial charge in [-0.05, 0) is 48.4 Å². The van der Waals surface area contributed by atoms with E-state index in [0.717, 1.165) is 63.8 Å². The largest absolute Gasteiger partial charge is 0.785 e. The number of fused-ring (bicyclic) bond motifs is 2. The van der Waals surface area contributed by atoms with Gasteiger partial charge in [0.15, 0.2) is 5.82 Å². The highest BCUT2D eigenvalue weighted by molar-refractivity contribution is 5.81. The van der Waals surface area contributed by atoms with Crippen LogP contribution in [0.5, 0.6) is 5.75 Å². The Hall–Kier alpha value is -2.65. The van der Waals surface area contributed by atoms with Crippen molar-refractivity contribution in [3.05, 3.63) is 58.9 Å². The van der Waals surface area contributed by atoms with Gasteiger partial charge in [-0.1, -0.05) is 12.1 Å². The fourth-order valence-corrected chi connectivity index (χ4v) is 4.96. The highest BCUT2D eigenvalue weighted by Gasteiger charge is 2.27. The van der Waals surface area contributed by atoms with Crippen molar-refractivity contribution in [3.63, 3.8) is 0 Å². The van der Waals surface area contributed by atoms with Gasteiger partial charge in [0.1, 0.15) is 5.75 Å². The van der Waals surface area contributed by atoms with Crippen LogP contribution in [0.2, 0.25) is 0 Å². The van der Waals surface area contributed by atoms with Gasteiger partial charge < -0.3 is 19.9 Å². The highest BCUT2D eigenvalue weighted by Crippen LogP contribution is 2.36. The van der Waals surface area contributed by atoms with E-state index >= 15 is 0 Å². The van der Waals surface area contributed by atoms with Gasteiger partial charge >= 0.3 is 0 Å². The number of nitrogens with zero attached hydrogens (tertiary/aromatic N) is 5. The predicted octanol–water partition coefficient (Wildman–Crippen LogP) is 2.19. The molecule has 3 aliphatic rings. The van der Waals surface area contributed by atoms with Crippen LogP contribution >= 0.6 is 0 Å². The van der Waals surface area contributed by atoms with Gasteiger partial charge in [-0.25, -0.2) is 10.4 Å². The van der Waals surface area contributed by atoms with E-state index in [1.165, 1.54) is 27.5 Å². The van der Waals surface area contributed by atoms with E-state index in [4.69, 9.17) is 4.74 Å². The van der Waals surface area contributed by atoms with Gasteiger partial charge in [0.2, 0.25) is 0 Å². The van der Waals surface area contributed by atoms with Gasteiger partial charge in [-0.3, -0.25) is 9.91 Å². The average Bonchev–Trinajstić information content (AvgIpc) is 2.84. The van der Waals surface area contributed by atoms with Crippen LogP contribution < -0.4 is 20.1 Å². The Morgan fingerprint density at radius 1 is 1.03 bits per heavy atom. The first-order valence-electron chi connectivity index (χ1n) is 11.4. The van der Waals surface area contributed by atoms with Crippen molar-refractivity contribution in [1.29, 1.82) is 0 Å². The molecule has 1 aromatic carbocycles. The maximum absolute atomic E-state index is 11.9. The number of hydrazine groups is 1. The van der Waals surface area contributed by atoms with Crippen molar-refractivity contribution < 1.29 is 4.74 Å². The molecular weight excluding hydrogens is 404 g/mol. The maximum atomic E-state index is 11.9. The zero-order valence-corrected chi connectivity index (χ0v) is 18.7. The molecule has 5 rings (SSSR count). The molecule has 170 valence electrons. The molecule has 0 spiro atoms. The Bertz CT molecular complexity index is 972. The Kier molecular flexibility index (Phi) is 6.27. The molecule has 32 heavy (non-hydrogen) atoms. The van der Waals surface area contributed by atoms with E-state index in [1.807, 2.05) is 24.4 Å². The summed E-state index contributed by atoms with van der Waals surface area (Å²) in [5.41, 5.74) is 8.44. The minimum atomic E-state index is 0.493. The van der Waals surface area contributed by atoms with Crippen LogP contribution in [-0.2, 0) is 0 Å². The number of ether oxygens (including phenoxy) is 1. The monoisotopic (exact) mass is 435 g/mol. The van der Waals surface area contributed by atoms with Crippen LogP contribution in [-0.4, -0.2) is 81.0 Å². The molecule has 0 saturated carbocycles. The zero-order chi connectivity index (χ0) is 21.9. The van der Waals surface area contributed by atoms with E-state index in [0.29, 0.717) is 13.1 Å². The predicted molar refractivity (Wildman–Crippen MR) is 128 cm³/mol. The van der Waals surface area contributed by atoms with E-state index in [-0.39, 0.29) is 0 Å². The number of rotatable bonds is 6. The lowest BCUT2D eigenvalue weighted by Gasteiger charge is -2.41. The standard InChI is InChI=1S/C24H31N6O2/c1-32-23-7-3-2-6-22(23)28-15-13-27(14-16-28)12-10-26-30-18-19-17-29(31)11-8-20(19)21-5-4-9-25-24(21)30/h2-7,9,26H,8,10-18H2,1H3/q-1. The molecule has 0 aliphatic carbocycles. The molecule has 1 saturated heterocycles. The summed E-state index contributed by atoms with van der Waals surface area (Å²) in [6.07, 6.45) is 2.65. The first-order chi connectivity index (χ1) is 15.7. The van der Waals surface area contributed by atoms with E-state index in [2.05, 4.69) is 43.4 Å². The minimum absolute atomic E-state index is 0.493. The maximum Gasteiger partial charge on any atom is 0.150 e. The molecule has 3 aliphatic heterocycles. The Labute approximate surface area is 189 Å². The first-order valence-corrected chi connectivity index (χ1v) is 11.4. The average molecular weight is 436 g/mol. The van der Waals surface area contributed by atoms with Crippen molar-refractivity contribution >= 4 is 17.1 Å². The Balaban J connectivity index is 1.16. The number of hydrogen-bond acceptors (Lipinski definition) is 8. The molecule has 0 unspecified atom stereocenters. The van der Waals surface area contributed by atoms with E-state index < -0.39 is 0 Å². The molecule has 0 bridgehead atoms. The smallest absolute Gasteiger partial charge is 0.150 e. The Morgan fingerprint density at radius 2 is 1.88 bits per heavy atom. The molecule has 2 aromatic rings. The second-order valence-electron chi connectivity index (χ2n) is 8.56. The van der Waals surface area contributed by atoms with Gasteiger partial charge in [-0.2, -0.15) is 0 Å². The molecule has 0 amide bonds. The molecule has 1 fully saturated rings.